The first-order valence-corrected chi connectivity index (χ1v) is 12.7. The summed E-state index contributed by atoms with van der Waals surface area (Å²) in [6, 6.07) is 18.7. The number of halogens is 1. The number of amides is 1. The predicted octanol–water partition coefficient (Wildman–Crippen LogP) is 3.51. The molecule has 3 aromatic rings. The molecule has 3 aromatic carbocycles. The van der Waals surface area contributed by atoms with Gasteiger partial charge in [0.1, 0.15) is 11.6 Å². The second-order valence-corrected chi connectivity index (χ2v) is 9.99. The molecule has 1 unspecified atom stereocenters. The molecule has 4 rings (SSSR count). The van der Waals surface area contributed by atoms with Crippen LogP contribution in [0, 0.1) is 17.1 Å². The number of hydrogen-bond acceptors (Lipinski definition) is 7. The summed E-state index contributed by atoms with van der Waals surface area (Å²) in [6.07, 6.45) is 0.409. The van der Waals surface area contributed by atoms with Crippen molar-refractivity contribution >= 4 is 22.0 Å². The van der Waals surface area contributed by atoms with Crippen LogP contribution in [0.3, 0.4) is 0 Å². The van der Waals surface area contributed by atoms with Gasteiger partial charge in [-0.3, -0.25) is 9.69 Å². The van der Waals surface area contributed by atoms with Crippen LogP contribution in [-0.2, 0) is 20.5 Å². The number of hydrogen-bond donors (Lipinski definition) is 1. The molecule has 0 radical (unpaired) electrons. The molecule has 0 fully saturated rings. The first-order valence-electron chi connectivity index (χ1n) is 11.1. The lowest BCUT2D eigenvalue weighted by atomic mass is 9.81. The van der Waals surface area contributed by atoms with Crippen LogP contribution >= 0.6 is 0 Å². The van der Waals surface area contributed by atoms with E-state index >= 15 is 0 Å². The van der Waals surface area contributed by atoms with E-state index in [9.17, 15) is 22.9 Å². The molecule has 2 N–H and O–H groups in total. The van der Waals surface area contributed by atoms with Gasteiger partial charge in [0.05, 0.1) is 17.4 Å². The number of benzene rings is 3. The molecule has 0 saturated heterocycles. The fraction of sp³-hybridized carbons (Fsp3) is 0.192. The van der Waals surface area contributed by atoms with Crippen LogP contribution in [0.15, 0.2) is 71.7 Å². The maximum atomic E-state index is 14.7. The van der Waals surface area contributed by atoms with E-state index in [2.05, 4.69) is 4.99 Å². The van der Waals surface area contributed by atoms with Gasteiger partial charge >= 0.3 is 10.1 Å². The van der Waals surface area contributed by atoms with Gasteiger partial charge in [0.25, 0.3) is 5.91 Å². The summed E-state index contributed by atoms with van der Waals surface area (Å²) in [5, 5.41) is 9.23. The molecular formula is C26H23FN4O4S. The van der Waals surface area contributed by atoms with Crippen molar-refractivity contribution in [2.45, 2.75) is 18.9 Å². The molecule has 184 valence electrons. The van der Waals surface area contributed by atoms with Gasteiger partial charge in [0.2, 0.25) is 0 Å². The zero-order chi connectivity index (χ0) is 26.1. The second-order valence-electron chi connectivity index (χ2n) is 8.30. The van der Waals surface area contributed by atoms with Crippen molar-refractivity contribution < 1.29 is 21.8 Å². The van der Waals surface area contributed by atoms with E-state index in [1.165, 1.54) is 42.3 Å². The van der Waals surface area contributed by atoms with Crippen molar-refractivity contribution in [2.75, 3.05) is 12.8 Å². The number of carbonyl (C=O) groups excluding carboxylic acids is 1. The molecule has 1 aliphatic rings. The Morgan fingerprint density at radius 1 is 1.11 bits per heavy atom. The molecule has 1 heterocycles. The normalized spacial score (nSPS) is 17.6. The minimum atomic E-state index is -3.74. The van der Waals surface area contributed by atoms with Crippen LogP contribution in [0.1, 0.15) is 30.0 Å². The van der Waals surface area contributed by atoms with Gasteiger partial charge in [0, 0.05) is 12.6 Å². The molecule has 10 heteroatoms. The van der Waals surface area contributed by atoms with Gasteiger partial charge < -0.3 is 9.92 Å². The van der Waals surface area contributed by atoms with E-state index in [1.54, 1.807) is 43.3 Å². The summed E-state index contributed by atoms with van der Waals surface area (Å²) in [5.74, 6) is -0.987. The molecule has 0 bridgehead atoms. The predicted molar refractivity (Wildman–Crippen MR) is 133 cm³/mol. The van der Waals surface area contributed by atoms with Crippen LogP contribution in [-0.4, -0.2) is 38.0 Å². The number of carbonyl (C=O) groups is 1. The van der Waals surface area contributed by atoms with Crippen molar-refractivity contribution in [3.8, 4) is 22.9 Å². The van der Waals surface area contributed by atoms with Gasteiger partial charge in [-0.25, -0.2) is 9.38 Å². The molecular weight excluding hydrogens is 483 g/mol. The van der Waals surface area contributed by atoms with Gasteiger partial charge in [0.15, 0.2) is 11.5 Å². The highest BCUT2D eigenvalue weighted by Crippen LogP contribution is 2.41. The lowest BCUT2D eigenvalue weighted by Crippen LogP contribution is -2.41. The number of nitrogens with zero attached hydrogens (tertiary/aromatic N) is 3. The average Bonchev–Trinajstić information content (AvgIpc) is 3.09. The minimum absolute atomic E-state index is 0.00564. The minimum Gasteiger partial charge on any atom is -0.382 e. The number of nitrogens with two attached hydrogens (primary N) is 1. The molecule has 0 aliphatic carbocycles. The molecule has 0 spiro atoms. The number of guanidine groups is 1. The Labute approximate surface area is 208 Å². The zero-order valence-electron chi connectivity index (χ0n) is 19.6. The zero-order valence-corrected chi connectivity index (χ0v) is 20.4. The molecule has 0 aromatic heterocycles. The Kier molecular flexibility index (Phi) is 6.52. The van der Waals surface area contributed by atoms with E-state index < -0.39 is 27.4 Å². The van der Waals surface area contributed by atoms with Gasteiger partial charge in [-0.15, -0.1) is 0 Å². The highest BCUT2D eigenvalue weighted by molar-refractivity contribution is 7.87. The molecule has 1 amide bonds. The third-order valence-corrected chi connectivity index (χ3v) is 7.23. The summed E-state index contributed by atoms with van der Waals surface area (Å²) in [5.41, 5.74) is 6.23. The number of rotatable bonds is 7. The first-order chi connectivity index (χ1) is 17.1. The molecule has 1 atom stereocenters. The summed E-state index contributed by atoms with van der Waals surface area (Å²) in [4.78, 5) is 19.3. The summed E-state index contributed by atoms with van der Waals surface area (Å²) >= 11 is 0. The summed E-state index contributed by atoms with van der Waals surface area (Å²) in [7, 11) is -2.24. The monoisotopic (exact) mass is 506 g/mol. The highest BCUT2D eigenvalue weighted by Gasteiger charge is 2.49. The van der Waals surface area contributed by atoms with E-state index in [4.69, 9.17) is 9.92 Å². The maximum Gasteiger partial charge on any atom is 0.309 e. The van der Waals surface area contributed by atoms with E-state index in [0.29, 0.717) is 28.7 Å². The first kappa shape index (κ1) is 24.9. The van der Waals surface area contributed by atoms with Gasteiger partial charge in [-0.2, -0.15) is 13.7 Å². The van der Waals surface area contributed by atoms with Gasteiger partial charge in [-0.05, 0) is 59.5 Å². The fourth-order valence-electron chi connectivity index (χ4n) is 4.10. The van der Waals surface area contributed by atoms with Crippen LogP contribution in [0.25, 0.3) is 11.1 Å². The molecule has 0 saturated carbocycles. The Hall–Kier alpha value is -4.23. The Morgan fingerprint density at radius 2 is 1.83 bits per heavy atom. The van der Waals surface area contributed by atoms with Crippen LogP contribution < -0.4 is 9.92 Å². The van der Waals surface area contributed by atoms with E-state index in [-0.39, 0.29) is 23.0 Å². The largest absolute Gasteiger partial charge is 0.382 e. The molecule has 1 aliphatic heterocycles. The van der Waals surface area contributed by atoms with Crippen molar-refractivity contribution in [2.24, 2.45) is 10.7 Å². The summed E-state index contributed by atoms with van der Waals surface area (Å²) in [6.45, 7) is 1.73. The van der Waals surface area contributed by atoms with Crippen molar-refractivity contribution in [3.63, 3.8) is 0 Å². The fourth-order valence-corrected chi connectivity index (χ4v) is 5.09. The maximum absolute atomic E-state index is 14.7. The smallest absolute Gasteiger partial charge is 0.309 e. The Morgan fingerprint density at radius 3 is 2.44 bits per heavy atom. The van der Waals surface area contributed by atoms with Crippen molar-refractivity contribution in [1.29, 1.82) is 5.26 Å². The Balaban J connectivity index is 1.84. The average molecular weight is 507 g/mol. The van der Waals surface area contributed by atoms with Crippen LogP contribution in [0.2, 0.25) is 0 Å². The van der Waals surface area contributed by atoms with Crippen LogP contribution in [0.5, 0.6) is 5.75 Å². The van der Waals surface area contributed by atoms with Crippen molar-refractivity contribution in [3.05, 3.63) is 89.2 Å². The highest BCUT2D eigenvalue weighted by atomic mass is 32.2. The standard InChI is InChI=1S/C26H23FN4O4S/c1-3-13-36(33,34)35-21-10-8-19(9-11-21)26(24(32)31(2)25(29)30-26)20-6-4-5-18(15-20)22-14-17(16-28)7-12-23(22)27/h4-12,14-15H,3,13H2,1-2H3,(H2,29,30). The number of nitriles is 1. The topological polar surface area (TPSA) is 126 Å². The summed E-state index contributed by atoms with van der Waals surface area (Å²) < 4.78 is 43.9. The van der Waals surface area contributed by atoms with E-state index in [0.717, 1.165) is 0 Å². The SMILES string of the molecule is CCCS(=O)(=O)Oc1ccc(C2(c3cccc(-c4cc(C#N)ccc4F)c3)N=C(N)N(C)C2=O)cc1. The third-order valence-electron chi connectivity index (χ3n) is 5.88. The third kappa shape index (κ3) is 4.41. The second kappa shape index (κ2) is 9.43. The quantitative estimate of drug-likeness (QED) is 0.489. The van der Waals surface area contributed by atoms with Crippen LogP contribution in [0.4, 0.5) is 4.39 Å². The van der Waals surface area contributed by atoms with E-state index in [1.807, 2.05) is 6.07 Å². The number of likely N-dealkylation sites (N-methyl/N-ethyl adjacent to an activating group) is 1. The number of aliphatic imine (C=N–C) groups is 1. The lowest BCUT2D eigenvalue weighted by Gasteiger charge is -2.26. The van der Waals surface area contributed by atoms with Crippen molar-refractivity contribution in [1.82, 2.24) is 4.90 Å². The molecule has 36 heavy (non-hydrogen) atoms. The van der Waals surface area contributed by atoms with Gasteiger partial charge in [-0.1, -0.05) is 37.3 Å². The lowest BCUT2D eigenvalue weighted by molar-refractivity contribution is -0.129. The molecule has 8 nitrogen and oxygen atoms in total. The Bertz CT molecular complexity index is 1510.